The summed E-state index contributed by atoms with van der Waals surface area (Å²) in [5.74, 6) is -1.48. The van der Waals surface area contributed by atoms with Gasteiger partial charge in [0.25, 0.3) is 0 Å². The van der Waals surface area contributed by atoms with Crippen LogP contribution in [0.5, 0.6) is 0 Å². The molecule has 0 saturated carbocycles. The number of para-hydroxylation sites is 1. The summed E-state index contributed by atoms with van der Waals surface area (Å²) in [4.78, 5) is 12.3. The zero-order valence-electron chi connectivity index (χ0n) is 15.4. The molecule has 0 saturated heterocycles. The standard InChI is InChI=1S/C24H17FN2O2/c1-16(17-12-14-19(25)15-13-17)23-21(24(28)29)22(18-8-4-2-5-9-18)26-27(23)20-10-6-3-7-11-20/h2-15H,1H2,(H,28,29). The summed E-state index contributed by atoms with van der Waals surface area (Å²) in [7, 11) is 0. The van der Waals surface area contributed by atoms with E-state index in [4.69, 9.17) is 0 Å². The van der Waals surface area contributed by atoms with Crippen molar-refractivity contribution in [2.75, 3.05) is 0 Å². The second-order valence-electron chi connectivity index (χ2n) is 6.48. The van der Waals surface area contributed by atoms with Crippen LogP contribution in [-0.4, -0.2) is 20.9 Å². The van der Waals surface area contributed by atoms with Crippen LogP contribution < -0.4 is 0 Å². The first-order valence-corrected chi connectivity index (χ1v) is 8.98. The van der Waals surface area contributed by atoms with E-state index in [-0.39, 0.29) is 11.4 Å². The molecule has 0 amide bonds. The Morgan fingerprint density at radius 1 is 0.897 bits per heavy atom. The lowest BCUT2D eigenvalue weighted by Gasteiger charge is -2.11. The van der Waals surface area contributed by atoms with Gasteiger partial charge in [0.15, 0.2) is 0 Å². The highest BCUT2D eigenvalue weighted by molar-refractivity contribution is 6.01. The van der Waals surface area contributed by atoms with Crippen LogP contribution >= 0.6 is 0 Å². The average Bonchev–Trinajstić information content (AvgIpc) is 3.16. The van der Waals surface area contributed by atoms with Gasteiger partial charge in [0.1, 0.15) is 17.1 Å². The molecule has 1 heterocycles. The van der Waals surface area contributed by atoms with Gasteiger partial charge in [-0.15, -0.1) is 0 Å². The number of hydrogen-bond donors (Lipinski definition) is 1. The minimum absolute atomic E-state index is 0.0504. The van der Waals surface area contributed by atoms with Crippen molar-refractivity contribution in [3.63, 3.8) is 0 Å². The molecule has 5 heteroatoms. The third kappa shape index (κ3) is 3.46. The molecular formula is C24H17FN2O2. The topological polar surface area (TPSA) is 55.1 Å². The predicted molar refractivity (Wildman–Crippen MR) is 110 cm³/mol. The highest BCUT2D eigenvalue weighted by Gasteiger charge is 2.27. The molecule has 1 N–H and O–H groups in total. The maximum Gasteiger partial charge on any atom is 0.340 e. The van der Waals surface area contributed by atoms with Crippen LogP contribution in [0.1, 0.15) is 21.6 Å². The van der Waals surface area contributed by atoms with E-state index in [0.29, 0.717) is 33.8 Å². The third-order valence-corrected chi connectivity index (χ3v) is 4.63. The fourth-order valence-electron chi connectivity index (χ4n) is 3.24. The van der Waals surface area contributed by atoms with Crippen molar-refractivity contribution in [1.29, 1.82) is 0 Å². The smallest absolute Gasteiger partial charge is 0.340 e. The Morgan fingerprint density at radius 2 is 1.48 bits per heavy atom. The van der Waals surface area contributed by atoms with Gasteiger partial charge in [-0.1, -0.05) is 67.2 Å². The Hall–Kier alpha value is -3.99. The predicted octanol–water partition coefficient (Wildman–Crippen LogP) is 5.44. The number of aromatic nitrogens is 2. The molecule has 3 aromatic carbocycles. The molecular weight excluding hydrogens is 367 g/mol. The van der Waals surface area contributed by atoms with Gasteiger partial charge >= 0.3 is 5.97 Å². The van der Waals surface area contributed by atoms with Crippen molar-refractivity contribution in [3.05, 3.63) is 114 Å². The Balaban J connectivity index is 2.01. The molecule has 0 unspecified atom stereocenters. The lowest BCUT2D eigenvalue weighted by molar-refractivity contribution is 0.0697. The second kappa shape index (κ2) is 7.56. The quantitative estimate of drug-likeness (QED) is 0.499. The molecule has 1 aromatic heterocycles. The number of halogens is 1. The molecule has 142 valence electrons. The van der Waals surface area contributed by atoms with Gasteiger partial charge in [0.05, 0.1) is 11.4 Å². The number of benzene rings is 3. The fourth-order valence-corrected chi connectivity index (χ4v) is 3.24. The number of carbonyl (C=O) groups is 1. The molecule has 0 aliphatic heterocycles. The van der Waals surface area contributed by atoms with Crippen LogP contribution in [0.15, 0.2) is 91.5 Å². The average molecular weight is 384 g/mol. The van der Waals surface area contributed by atoms with E-state index in [1.807, 2.05) is 60.7 Å². The molecule has 0 aliphatic rings. The Bertz CT molecular complexity index is 1180. The summed E-state index contributed by atoms with van der Waals surface area (Å²) in [6.45, 7) is 4.11. The normalized spacial score (nSPS) is 10.7. The van der Waals surface area contributed by atoms with Gasteiger partial charge < -0.3 is 5.11 Å². The first-order chi connectivity index (χ1) is 14.1. The molecule has 4 rings (SSSR count). The Labute approximate surface area is 167 Å². The van der Waals surface area contributed by atoms with Gasteiger partial charge in [-0.2, -0.15) is 5.10 Å². The number of carboxylic acids is 1. The highest BCUT2D eigenvalue weighted by atomic mass is 19.1. The number of aromatic carboxylic acids is 1. The van der Waals surface area contributed by atoms with Crippen molar-refractivity contribution in [1.82, 2.24) is 9.78 Å². The molecule has 4 aromatic rings. The summed E-state index contributed by atoms with van der Waals surface area (Å²) in [6, 6.07) is 24.2. The Kier molecular flexibility index (Phi) is 4.79. The molecule has 0 bridgehead atoms. The summed E-state index contributed by atoms with van der Waals surface area (Å²) in [5, 5.41) is 14.7. The SMILES string of the molecule is C=C(c1ccc(F)cc1)c1c(C(=O)O)c(-c2ccccc2)nn1-c1ccccc1. The van der Waals surface area contributed by atoms with E-state index >= 15 is 0 Å². The van der Waals surface area contributed by atoms with E-state index in [2.05, 4.69) is 11.7 Å². The van der Waals surface area contributed by atoms with Crippen molar-refractivity contribution < 1.29 is 14.3 Å². The minimum atomic E-state index is -1.11. The van der Waals surface area contributed by atoms with E-state index < -0.39 is 5.97 Å². The second-order valence-corrected chi connectivity index (χ2v) is 6.48. The number of hydrogen-bond acceptors (Lipinski definition) is 2. The molecule has 0 radical (unpaired) electrons. The fraction of sp³-hybridized carbons (Fsp3) is 0. The number of carboxylic acid groups (broad SMARTS) is 1. The van der Waals surface area contributed by atoms with Crippen LogP contribution in [0.2, 0.25) is 0 Å². The lowest BCUT2D eigenvalue weighted by Crippen LogP contribution is -2.06. The largest absolute Gasteiger partial charge is 0.478 e. The van der Waals surface area contributed by atoms with E-state index in [1.54, 1.807) is 16.8 Å². The van der Waals surface area contributed by atoms with Crippen LogP contribution in [-0.2, 0) is 0 Å². The molecule has 0 aliphatic carbocycles. The number of rotatable bonds is 5. The van der Waals surface area contributed by atoms with Crippen molar-refractivity contribution in [2.24, 2.45) is 0 Å². The molecule has 4 nitrogen and oxygen atoms in total. The first kappa shape index (κ1) is 18.4. The van der Waals surface area contributed by atoms with Crippen molar-refractivity contribution in [2.45, 2.75) is 0 Å². The zero-order chi connectivity index (χ0) is 20.4. The summed E-state index contributed by atoms with van der Waals surface area (Å²) in [5.41, 5.74) is 3.21. The van der Waals surface area contributed by atoms with Crippen molar-refractivity contribution >= 4 is 11.5 Å². The summed E-state index contributed by atoms with van der Waals surface area (Å²) < 4.78 is 15.0. The van der Waals surface area contributed by atoms with Crippen LogP contribution in [0.25, 0.3) is 22.5 Å². The number of nitrogens with zero attached hydrogens (tertiary/aromatic N) is 2. The van der Waals surface area contributed by atoms with Gasteiger partial charge in [0, 0.05) is 11.1 Å². The molecule has 29 heavy (non-hydrogen) atoms. The third-order valence-electron chi connectivity index (χ3n) is 4.63. The first-order valence-electron chi connectivity index (χ1n) is 8.98. The summed E-state index contributed by atoms with van der Waals surface area (Å²) >= 11 is 0. The maximum absolute atomic E-state index is 13.4. The van der Waals surface area contributed by atoms with E-state index in [1.165, 1.54) is 12.1 Å². The summed E-state index contributed by atoms with van der Waals surface area (Å²) in [6.07, 6.45) is 0. The monoisotopic (exact) mass is 384 g/mol. The molecule has 0 fully saturated rings. The van der Waals surface area contributed by atoms with Crippen molar-refractivity contribution in [3.8, 4) is 16.9 Å². The minimum Gasteiger partial charge on any atom is -0.478 e. The molecule has 0 atom stereocenters. The van der Waals surface area contributed by atoms with Crippen LogP contribution in [0, 0.1) is 5.82 Å². The van der Waals surface area contributed by atoms with Crippen LogP contribution in [0.4, 0.5) is 4.39 Å². The van der Waals surface area contributed by atoms with E-state index in [0.717, 1.165) is 0 Å². The van der Waals surface area contributed by atoms with Crippen LogP contribution in [0.3, 0.4) is 0 Å². The van der Waals surface area contributed by atoms with Gasteiger partial charge in [0.2, 0.25) is 0 Å². The van der Waals surface area contributed by atoms with Gasteiger partial charge in [-0.3, -0.25) is 0 Å². The maximum atomic E-state index is 13.4. The highest BCUT2D eigenvalue weighted by Crippen LogP contribution is 2.34. The van der Waals surface area contributed by atoms with E-state index in [9.17, 15) is 14.3 Å². The van der Waals surface area contributed by atoms with Gasteiger partial charge in [-0.05, 0) is 29.8 Å². The Morgan fingerprint density at radius 3 is 2.07 bits per heavy atom. The lowest BCUT2D eigenvalue weighted by atomic mass is 9.98. The zero-order valence-corrected chi connectivity index (χ0v) is 15.4. The van der Waals surface area contributed by atoms with Gasteiger partial charge in [-0.25, -0.2) is 13.9 Å². The molecule has 0 spiro atoms.